The molecule has 0 bridgehead atoms. The first-order chi connectivity index (χ1) is 1.41. The molecule has 0 saturated heterocycles. The van der Waals surface area contributed by atoms with E-state index in [1.54, 1.807) is 6.92 Å². The SMILES string of the molecule is CCO.O.[SnH2]. The summed E-state index contributed by atoms with van der Waals surface area (Å²) in [4.78, 5) is 0. The standard InChI is InChI=1S/C2H6O.H2O.Sn.2H/c1-2-3;;;;/h3H,2H2,1H3;1H2;;;. The average Bonchev–Trinajstić information content (AvgIpc) is 0.918. The van der Waals surface area contributed by atoms with Gasteiger partial charge in [-0.1, -0.05) is 0 Å². The molecule has 0 atom stereocenters. The van der Waals surface area contributed by atoms with Gasteiger partial charge in [-0.2, -0.15) is 0 Å². The van der Waals surface area contributed by atoms with Gasteiger partial charge in [-0.25, -0.2) is 0 Å². The number of rotatable bonds is 0. The van der Waals surface area contributed by atoms with Gasteiger partial charge >= 0.3 is 23.9 Å². The van der Waals surface area contributed by atoms with Crippen molar-refractivity contribution in [3.8, 4) is 0 Å². The first-order valence-electron chi connectivity index (χ1n) is 1.02. The van der Waals surface area contributed by atoms with E-state index in [2.05, 4.69) is 0 Å². The van der Waals surface area contributed by atoms with Crippen molar-refractivity contribution in [2.75, 3.05) is 6.61 Å². The molecule has 0 fully saturated rings. The topological polar surface area (TPSA) is 51.7 Å². The Bertz CT molecular complexity index is 7.61. The second-order valence-electron chi connectivity index (χ2n) is 0.316. The van der Waals surface area contributed by atoms with Crippen LogP contribution in [0.25, 0.3) is 0 Å². The quantitative estimate of drug-likeness (QED) is 0.447. The van der Waals surface area contributed by atoms with Crippen LogP contribution in [-0.4, -0.2) is 41.1 Å². The number of aliphatic hydroxyl groups excluding tert-OH is 1. The average molecular weight is 185 g/mol. The van der Waals surface area contributed by atoms with E-state index >= 15 is 0 Å². The maximum atomic E-state index is 7.57. The van der Waals surface area contributed by atoms with E-state index in [-0.39, 0.29) is 36.0 Å². The van der Waals surface area contributed by atoms with Gasteiger partial charge in [0.2, 0.25) is 0 Å². The molecule has 0 aliphatic heterocycles. The molecule has 2 radical (unpaired) electrons. The Labute approximate surface area is 48.5 Å². The molecule has 0 saturated carbocycles. The molecule has 0 heterocycles. The molecular formula is C2H10O2Sn. The first-order valence-corrected chi connectivity index (χ1v) is 1.02. The fraction of sp³-hybridized carbons (Fsp3) is 1.00. The predicted molar refractivity (Wildman–Crippen MR) is 24.9 cm³/mol. The van der Waals surface area contributed by atoms with Crippen LogP contribution in [-0.2, 0) is 0 Å². The Kier molecular flexibility index (Phi) is 76.1. The molecule has 0 rings (SSSR count). The van der Waals surface area contributed by atoms with Crippen LogP contribution < -0.4 is 0 Å². The summed E-state index contributed by atoms with van der Waals surface area (Å²) >= 11 is 0. The van der Waals surface area contributed by atoms with Crippen LogP contribution in [0.2, 0.25) is 0 Å². The predicted octanol–water partition coefficient (Wildman–Crippen LogP) is -1.74. The van der Waals surface area contributed by atoms with Gasteiger partial charge in [-0.15, -0.1) is 0 Å². The van der Waals surface area contributed by atoms with Gasteiger partial charge in [0.25, 0.3) is 0 Å². The Balaban J connectivity index is -0.0000000200. The summed E-state index contributed by atoms with van der Waals surface area (Å²) < 4.78 is 0. The zero-order valence-electron chi connectivity index (χ0n) is 3.36. The molecule has 0 aromatic rings. The molecule has 0 spiro atoms. The van der Waals surface area contributed by atoms with Gasteiger partial charge in [0.05, 0.1) is 0 Å². The van der Waals surface area contributed by atoms with Crippen molar-refractivity contribution >= 4 is 23.9 Å². The summed E-state index contributed by atoms with van der Waals surface area (Å²) in [5.41, 5.74) is 0. The Morgan fingerprint density at radius 1 is 1.60 bits per heavy atom. The van der Waals surface area contributed by atoms with Crippen LogP contribution >= 0.6 is 0 Å². The van der Waals surface area contributed by atoms with Gasteiger partial charge in [0.1, 0.15) is 0 Å². The molecule has 34 valence electrons. The van der Waals surface area contributed by atoms with Crippen LogP contribution in [0.3, 0.4) is 0 Å². The normalized spacial score (nSPS) is 3.60. The Morgan fingerprint density at radius 3 is 1.60 bits per heavy atom. The monoisotopic (exact) mass is 186 g/mol. The number of aliphatic hydroxyl groups is 1. The van der Waals surface area contributed by atoms with E-state index in [1.807, 2.05) is 0 Å². The Morgan fingerprint density at radius 2 is 1.60 bits per heavy atom. The van der Waals surface area contributed by atoms with E-state index in [0.717, 1.165) is 0 Å². The molecule has 3 N–H and O–H groups in total. The fourth-order valence-electron chi connectivity index (χ4n) is 0. The molecule has 2 nitrogen and oxygen atoms in total. The summed E-state index contributed by atoms with van der Waals surface area (Å²) in [6.45, 7) is 1.93. The summed E-state index contributed by atoms with van der Waals surface area (Å²) in [7, 11) is 0. The molecule has 5 heavy (non-hydrogen) atoms. The molecule has 0 aliphatic carbocycles. The van der Waals surface area contributed by atoms with E-state index in [1.165, 1.54) is 0 Å². The van der Waals surface area contributed by atoms with Crippen LogP contribution in [0.5, 0.6) is 0 Å². The molecule has 0 aliphatic rings. The Hall–Kier alpha value is 0.719. The van der Waals surface area contributed by atoms with Crippen molar-refractivity contribution in [3.05, 3.63) is 0 Å². The molecule has 0 aromatic heterocycles. The number of hydrogen-bond acceptors (Lipinski definition) is 1. The summed E-state index contributed by atoms with van der Waals surface area (Å²) in [5.74, 6) is 0. The molecule has 0 aromatic carbocycles. The van der Waals surface area contributed by atoms with Gasteiger partial charge < -0.3 is 10.6 Å². The van der Waals surface area contributed by atoms with Crippen LogP contribution in [0.1, 0.15) is 6.92 Å². The second-order valence-corrected chi connectivity index (χ2v) is 0.316. The van der Waals surface area contributed by atoms with Crippen molar-refractivity contribution in [1.82, 2.24) is 0 Å². The van der Waals surface area contributed by atoms with Gasteiger partial charge in [0.15, 0.2) is 0 Å². The van der Waals surface area contributed by atoms with Gasteiger partial charge in [-0.05, 0) is 6.92 Å². The van der Waals surface area contributed by atoms with E-state index < -0.39 is 0 Å². The van der Waals surface area contributed by atoms with Crippen LogP contribution in [0.4, 0.5) is 0 Å². The van der Waals surface area contributed by atoms with Crippen molar-refractivity contribution in [2.45, 2.75) is 6.92 Å². The van der Waals surface area contributed by atoms with E-state index in [0.29, 0.717) is 0 Å². The van der Waals surface area contributed by atoms with Crippen LogP contribution in [0.15, 0.2) is 0 Å². The fourth-order valence-corrected chi connectivity index (χ4v) is 0. The minimum atomic E-state index is 0. The van der Waals surface area contributed by atoms with E-state index in [4.69, 9.17) is 5.11 Å². The van der Waals surface area contributed by atoms with Crippen molar-refractivity contribution in [2.24, 2.45) is 0 Å². The third-order valence-electron chi connectivity index (χ3n) is 0. The first kappa shape index (κ1) is 17.2. The van der Waals surface area contributed by atoms with Gasteiger partial charge in [-0.3, -0.25) is 0 Å². The number of hydrogen-bond donors (Lipinski definition) is 1. The zero-order valence-corrected chi connectivity index (χ0v) is 7.40. The summed E-state index contributed by atoms with van der Waals surface area (Å²) in [5, 5.41) is 7.57. The third-order valence-corrected chi connectivity index (χ3v) is 0. The van der Waals surface area contributed by atoms with E-state index in [9.17, 15) is 0 Å². The molecular weight excluding hydrogens is 175 g/mol. The summed E-state index contributed by atoms with van der Waals surface area (Å²) in [6, 6.07) is 0. The summed E-state index contributed by atoms with van der Waals surface area (Å²) in [6.07, 6.45) is 0. The van der Waals surface area contributed by atoms with Crippen molar-refractivity contribution < 1.29 is 10.6 Å². The molecule has 0 amide bonds. The third kappa shape index (κ3) is 67.5. The zero-order chi connectivity index (χ0) is 2.71. The van der Waals surface area contributed by atoms with Gasteiger partial charge in [0, 0.05) is 6.61 Å². The van der Waals surface area contributed by atoms with Crippen molar-refractivity contribution in [3.63, 3.8) is 0 Å². The maximum absolute atomic E-state index is 7.57. The molecule has 3 heteroatoms. The van der Waals surface area contributed by atoms with Crippen molar-refractivity contribution in [1.29, 1.82) is 0 Å². The minimum absolute atomic E-state index is 0. The van der Waals surface area contributed by atoms with Crippen LogP contribution in [0, 0.1) is 0 Å². The molecule has 0 unspecified atom stereocenters. The second kappa shape index (κ2) is 22.1.